The molecule has 2 amide bonds. The van der Waals surface area contributed by atoms with Gasteiger partial charge in [-0.3, -0.25) is 4.68 Å². The average molecular weight is 380 g/mol. The Balaban J connectivity index is 1.39. The van der Waals surface area contributed by atoms with Crippen LogP contribution in [0, 0.1) is 0 Å². The van der Waals surface area contributed by atoms with E-state index in [4.69, 9.17) is 0 Å². The number of aliphatic hydroxyl groups is 1. The highest BCUT2D eigenvalue weighted by molar-refractivity contribution is 5.74. The number of carbonyl (C=O) groups is 1. The first kappa shape index (κ1) is 18.2. The van der Waals surface area contributed by atoms with E-state index in [1.54, 1.807) is 15.8 Å². The van der Waals surface area contributed by atoms with Crippen molar-refractivity contribution in [2.45, 2.75) is 39.6 Å². The standard InChI is InChI=1S/C20H24N6O2/c1-2-25-19-8-9-24(13-17(19)18(14-27)23-25)20(28)21-10-15-11-22-26(12-15)16-6-4-3-5-7-16/h3-7,11-12,27H,2,8-10,13-14H2,1H3,(H,21,28). The number of nitrogens with one attached hydrogen (secondary N) is 1. The molecule has 0 atom stereocenters. The van der Waals surface area contributed by atoms with Crippen molar-refractivity contribution < 1.29 is 9.90 Å². The van der Waals surface area contributed by atoms with Gasteiger partial charge in [0.05, 0.1) is 30.7 Å². The number of aryl methyl sites for hydroxylation is 1. The fourth-order valence-electron chi connectivity index (χ4n) is 3.59. The summed E-state index contributed by atoms with van der Waals surface area (Å²) in [5, 5.41) is 21.3. The molecule has 0 aliphatic carbocycles. The quantitative estimate of drug-likeness (QED) is 0.707. The summed E-state index contributed by atoms with van der Waals surface area (Å²) >= 11 is 0. The molecule has 0 bridgehead atoms. The van der Waals surface area contributed by atoms with Crippen molar-refractivity contribution in [3.63, 3.8) is 0 Å². The van der Waals surface area contributed by atoms with Crippen LogP contribution in [-0.2, 0) is 32.7 Å². The van der Waals surface area contributed by atoms with E-state index < -0.39 is 0 Å². The first-order valence-corrected chi connectivity index (χ1v) is 9.49. The Morgan fingerprint density at radius 2 is 2.11 bits per heavy atom. The summed E-state index contributed by atoms with van der Waals surface area (Å²) in [7, 11) is 0. The van der Waals surface area contributed by atoms with Crippen LogP contribution >= 0.6 is 0 Å². The van der Waals surface area contributed by atoms with Gasteiger partial charge in [0.1, 0.15) is 0 Å². The van der Waals surface area contributed by atoms with Gasteiger partial charge in [0.25, 0.3) is 0 Å². The van der Waals surface area contributed by atoms with E-state index in [0.717, 1.165) is 35.5 Å². The number of benzene rings is 1. The van der Waals surface area contributed by atoms with Crippen molar-refractivity contribution in [2.75, 3.05) is 6.54 Å². The highest BCUT2D eigenvalue weighted by Gasteiger charge is 2.26. The molecule has 3 heterocycles. The third-order valence-electron chi connectivity index (χ3n) is 5.05. The Hall–Kier alpha value is -3.13. The summed E-state index contributed by atoms with van der Waals surface area (Å²) in [4.78, 5) is 14.4. The summed E-state index contributed by atoms with van der Waals surface area (Å²) in [6.07, 6.45) is 4.42. The first-order valence-electron chi connectivity index (χ1n) is 9.49. The minimum atomic E-state index is -0.119. The van der Waals surface area contributed by atoms with Crippen molar-refractivity contribution in [1.82, 2.24) is 29.8 Å². The van der Waals surface area contributed by atoms with E-state index in [1.165, 1.54) is 0 Å². The van der Waals surface area contributed by atoms with Crippen molar-refractivity contribution in [2.24, 2.45) is 0 Å². The molecule has 0 spiro atoms. The van der Waals surface area contributed by atoms with Crippen LogP contribution in [0.5, 0.6) is 0 Å². The van der Waals surface area contributed by atoms with Gasteiger partial charge >= 0.3 is 6.03 Å². The molecule has 2 aromatic heterocycles. The third-order valence-corrected chi connectivity index (χ3v) is 5.05. The summed E-state index contributed by atoms with van der Waals surface area (Å²) in [6, 6.07) is 9.73. The Morgan fingerprint density at radius 3 is 2.86 bits per heavy atom. The zero-order valence-corrected chi connectivity index (χ0v) is 15.9. The molecule has 4 rings (SSSR count). The highest BCUT2D eigenvalue weighted by Crippen LogP contribution is 2.23. The number of aromatic nitrogens is 4. The monoisotopic (exact) mass is 380 g/mol. The number of rotatable bonds is 5. The molecule has 146 valence electrons. The molecular weight excluding hydrogens is 356 g/mol. The van der Waals surface area contributed by atoms with E-state index in [-0.39, 0.29) is 12.6 Å². The molecule has 0 unspecified atom stereocenters. The second-order valence-corrected chi connectivity index (χ2v) is 6.80. The molecule has 8 nitrogen and oxygen atoms in total. The van der Waals surface area contributed by atoms with Crippen LogP contribution < -0.4 is 5.32 Å². The highest BCUT2D eigenvalue weighted by atomic mass is 16.3. The lowest BCUT2D eigenvalue weighted by molar-refractivity contribution is 0.190. The number of amides is 2. The van der Waals surface area contributed by atoms with Gasteiger partial charge in [-0.2, -0.15) is 10.2 Å². The van der Waals surface area contributed by atoms with Gasteiger partial charge in [-0.1, -0.05) is 18.2 Å². The number of aliphatic hydroxyl groups excluding tert-OH is 1. The summed E-state index contributed by atoms with van der Waals surface area (Å²) < 4.78 is 3.72. The molecule has 0 fully saturated rings. The van der Waals surface area contributed by atoms with Gasteiger partial charge in [-0.25, -0.2) is 9.48 Å². The van der Waals surface area contributed by atoms with Crippen LogP contribution in [0.2, 0.25) is 0 Å². The fourth-order valence-corrected chi connectivity index (χ4v) is 3.59. The minimum absolute atomic E-state index is 0.108. The molecule has 2 N–H and O–H groups in total. The lowest BCUT2D eigenvalue weighted by Gasteiger charge is -2.28. The van der Waals surface area contributed by atoms with Crippen molar-refractivity contribution in [3.05, 3.63) is 65.2 Å². The first-order chi connectivity index (χ1) is 13.7. The molecule has 8 heteroatoms. The van der Waals surface area contributed by atoms with Crippen LogP contribution in [0.3, 0.4) is 0 Å². The Kier molecular flexibility index (Phi) is 5.12. The van der Waals surface area contributed by atoms with Gasteiger partial charge in [-0.15, -0.1) is 0 Å². The SMILES string of the molecule is CCn1nc(CO)c2c1CCN(C(=O)NCc1cnn(-c3ccccc3)c1)C2. The van der Waals surface area contributed by atoms with Crippen molar-refractivity contribution >= 4 is 6.03 Å². The van der Waals surface area contributed by atoms with Crippen LogP contribution in [0.25, 0.3) is 5.69 Å². The van der Waals surface area contributed by atoms with Crippen LogP contribution in [0.1, 0.15) is 29.4 Å². The number of carbonyl (C=O) groups excluding carboxylic acids is 1. The lowest BCUT2D eigenvalue weighted by atomic mass is 10.1. The number of hydrogen-bond acceptors (Lipinski definition) is 4. The zero-order valence-electron chi connectivity index (χ0n) is 15.9. The molecule has 0 radical (unpaired) electrons. The Morgan fingerprint density at radius 1 is 1.29 bits per heavy atom. The van der Waals surface area contributed by atoms with Crippen LogP contribution in [0.15, 0.2) is 42.7 Å². The van der Waals surface area contributed by atoms with E-state index >= 15 is 0 Å². The number of fused-ring (bicyclic) bond motifs is 1. The predicted molar refractivity (Wildman–Crippen MR) is 104 cm³/mol. The Labute approximate surface area is 163 Å². The van der Waals surface area contributed by atoms with Gasteiger partial charge in [0.2, 0.25) is 0 Å². The maximum atomic E-state index is 12.6. The number of para-hydroxylation sites is 1. The largest absolute Gasteiger partial charge is 0.390 e. The van der Waals surface area contributed by atoms with E-state index in [0.29, 0.717) is 25.3 Å². The van der Waals surface area contributed by atoms with Gasteiger partial charge in [0.15, 0.2) is 0 Å². The molecule has 1 aromatic carbocycles. The Bertz CT molecular complexity index is 962. The molecule has 1 aliphatic heterocycles. The van der Waals surface area contributed by atoms with E-state index in [2.05, 4.69) is 15.5 Å². The average Bonchev–Trinajstić information content (AvgIpc) is 3.36. The second kappa shape index (κ2) is 7.85. The van der Waals surface area contributed by atoms with Gasteiger partial charge < -0.3 is 15.3 Å². The van der Waals surface area contributed by atoms with E-state index in [9.17, 15) is 9.90 Å². The molecule has 3 aromatic rings. The topological polar surface area (TPSA) is 88.2 Å². The summed E-state index contributed by atoms with van der Waals surface area (Å²) in [6.45, 7) is 4.21. The van der Waals surface area contributed by atoms with Gasteiger partial charge in [-0.05, 0) is 19.1 Å². The molecule has 1 aliphatic rings. The minimum Gasteiger partial charge on any atom is -0.390 e. The molecular formula is C20H24N6O2. The van der Waals surface area contributed by atoms with Crippen LogP contribution in [-0.4, -0.2) is 42.1 Å². The normalized spacial score (nSPS) is 13.4. The fraction of sp³-hybridized carbons (Fsp3) is 0.350. The zero-order chi connectivity index (χ0) is 19.5. The van der Waals surface area contributed by atoms with Crippen molar-refractivity contribution in [3.8, 4) is 5.69 Å². The molecule has 0 saturated carbocycles. The number of nitrogens with zero attached hydrogens (tertiary/aromatic N) is 5. The van der Waals surface area contributed by atoms with Crippen molar-refractivity contribution in [1.29, 1.82) is 0 Å². The van der Waals surface area contributed by atoms with Crippen LogP contribution in [0.4, 0.5) is 4.79 Å². The molecule has 28 heavy (non-hydrogen) atoms. The smallest absolute Gasteiger partial charge is 0.317 e. The lowest BCUT2D eigenvalue weighted by Crippen LogP contribution is -2.42. The maximum Gasteiger partial charge on any atom is 0.317 e. The number of hydrogen-bond donors (Lipinski definition) is 2. The predicted octanol–water partition coefficient (Wildman–Crippen LogP) is 1.85. The maximum absolute atomic E-state index is 12.6. The summed E-state index contributed by atoms with van der Waals surface area (Å²) in [5.41, 5.74) is 4.68. The summed E-state index contributed by atoms with van der Waals surface area (Å²) in [5.74, 6) is 0. The molecule has 0 saturated heterocycles. The second-order valence-electron chi connectivity index (χ2n) is 6.80. The van der Waals surface area contributed by atoms with E-state index in [1.807, 2.05) is 48.1 Å². The third kappa shape index (κ3) is 3.50. The number of urea groups is 1. The van der Waals surface area contributed by atoms with Gasteiger partial charge in [0, 0.05) is 49.1 Å².